The third-order valence-corrected chi connectivity index (χ3v) is 3.74. The summed E-state index contributed by atoms with van der Waals surface area (Å²) in [6.07, 6.45) is 2.65. The summed E-state index contributed by atoms with van der Waals surface area (Å²) in [6, 6.07) is 6.24. The predicted octanol–water partition coefficient (Wildman–Crippen LogP) is 2.71. The van der Waals surface area contributed by atoms with Crippen molar-refractivity contribution in [2.45, 2.75) is 32.7 Å². The summed E-state index contributed by atoms with van der Waals surface area (Å²) in [5, 5.41) is 0. The van der Waals surface area contributed by atoms with Crippen molar-refractivity contribution in [2.24, 2.45) is 5.92 Å². The Hall–Kier alpha value is -1.51. The second-order valence-corrected chi connectivity index (χ2v) is 5.02. The fourth-order valence-electron chi connectivity index (χ4n) is 2.22. The van der Waals surface area contributed by atoms with Crippen molar-refractivity contribution < 1.29 is 4.79 Å². The van der Waals surface area contributed by atoms with Crippen LogP contribution < -0.4 is 10.6 Å². The maximum Gasteiger partial charge on any atom is 0.161 e. The van der Waals surface area contributed by atoms with Gasteiger partial charge in [0.25, 0.3) is 0 Å². The lowest BCUT2D eigenvalue weighted by atomic mass is 10.1. The average molecular weight is 232 g/mol. The molecule has 0 spiro atoms. The number of benzene rings is 1. The van der Waals surface area contributed by atoms with Gasteiger partial charge in [-0.15, -0.1) is 0 Å². The molecule has 1 atom stereocenters. The van der Waals surface area contributed by atoms with E-state index in [9.17, 15) is 4.79 Å². The Balaban J connectivity index is 2.21. The van der Waals surface area contributed by atoms with Gasteiger partial charge >= 0.3 is 0 Å². The zero-order valence-electron chi connectivity index (χ0n) is 10.7. The molecule has 0 aliphatic heterocycles. The van der Waals surface area contributed by atoms with Crippen LogP contribution in [-0.2, 0) is 0 Å². The zero-order chi connectivity index (χ0) is 12.6. The lowest BCUT2D eigenvalue weighted by molar-refractivity contribution is 0.101. The van der Waals surface area contributed by atoms with E-state index in [1.165, 1.54) is 12.8 Å². The van der Waals surface area contributed by atoms with E-state index in [0.717, 1.165) is 11.6 Å². The summed E-state index contributed by atoms with van der Waals surface area (Å²) in [6.45, 7) is 3.79. The van der Waals surface area contributed by atoms with Crippen molar-refractivity contribution >= 4 is 17.2 Å². The Morgan fingerprint density at radius 2 is 2.12 bits per heavy atom. The molecule has 2 N–H and O–H groups in total. The molecule has 0 saturated heterocycles. The van der Waals surface area contributed by atoms with Gasteiger partial charge in [0.2, 0.25) is 0 Å². The molecule has 0 heterocycles. The van der Waals surface area contributed by atoms with E-state index < -0.39 is 0 Å². The van der Waals surface area contributed by atoms with E-state index in [1.54, 1.807) is 6.92 Å². The van der Waals surface area contributed by atoms with Crippen molar-refractivity contribution in [3.63, 3.8) is 0 Å². The van der Waals surface area contributed by atoms with E-state index in [1.807, 2.05) is 18.2 Å². The molecule has 1 aromatic carbocycles. The molecule has 17 heavy (non-hydrogen) atoms. The number of anilines is 2. The topological polar surface area (TPSA) is 46.3 Å². The molecule has 0 aromatic heterocycles. The number of carbonyl (C=O) groups is 1. The van der Waals surface area contributed by atoms with Crippen molar-refractivity contribution in [2.75, 3.05) is 17.7 Å². The lowest BCUT2D eigenvalue weighted by Crippen LogP contribution is -2.30. The predicted molar refractivity (Wildman–Crippen MR) is 71.4 cm³/mol. The normalized spacial score (nSPS) is 16.6. The van der Waals surface area contributed by atoms with Gasteiger partial charge in [0.15, 0.2) is 5.78 Å². The number of nitrogen functional groups attached to an aromatic ring is 1. The first kappa shape index (κ1) is 12.0. The monoisotopic (exact) mass is 232 g/mol. The molecule has 3 heteroatoms. The van der Waals surface area contributed by atoms with Crippen LogP contribution >= 0.6 is 0 Å². The summed E-state index contributed by atoms with van der Waals surface area (Å²) in [7, 11) is 2.09. The number of carbonyl (C=O) groups excluding carboxylic acids is 1. The van der Waals surface area contributed by atoms with Gasteiger partial charge in [0, 0.05) is 30.0 Å². The van der Waals surface area contributed by atoms with Gasteiger partial charge in [-0.3, -0.25) is 4.79 Å². The SMILES string of the molecule is CC(=O)c1ccc(N(C)C(C)C2CC2)cc1N. The number of nitrogens with zero attached hydrogens (tertiary/aromatic N) is 1. The molecular weight excluding hydrogens is 212 g/mol. The molecule has 0 bridgehead atoms. The van der Waals surface area contributed by atoms with Gasteiger partial charge < -0.3 is 10.6 Å². The molecule has 1 aliphatic rings. The first-order valence-electron chi connectivity index (χ1n) is 6.14. The zero-order valence-corrected chi connectivity index (χ0v) is 10.7. The van der Waals surface area contributed by atoms with Crippen molar-refractivity contribution in [1.82, 2.24) is 0 Å². The second kappa shape index (κ2) is 4.40. The van der Waals surface area contributed by atoms with E-state index >= 15 is 0 Å². The van der Waals surface area contributed by atoms with E-state index in [2.05, 4.69) is 18.9 Å². The largest absolute Gasteiger partial charge is 0.398 e. The van der Waals surface area contributed by atoms with Crippen LogP contribution in [0.2, 0.25) is 0 Å². The first-order valence-corrected chi connectivity index (χ1v) is 6.14. The molecule has 0 radical (unpaired) electrons. The van der Waals surface area contributed by atoms with E-state index in [-0.39, 0.29) is 5.78 Å². The van der Waals surface area contributed by atoms with Gasteiger partial charge in [-0.25, -0.2) is 0 Å². The Morgan fingerprint density at radius 1 is 1.47 bits per heavy atom. The van der Waals surface area contributed by atoms with Gasteiger partial charge in [-0.05, 0) is 50.8 Å². The molecule has 3 nitrogen and oxygen atoms in total. The molecule has 2 rings (SSSR count). The Morgan fingerprint density at radius 3 is 2.59 bits per heavy atom. The molecule has 92 valence electrons. The molecule has 1 aliphatic carbocycles. The summed E-state index contributed by atoms with van der Waals surface area (Å²) >= 11 is 0. The number of nitrogens with two attached hydrogens (primary N) is 1. The lowest BCUT2D eigenvalue weighted by Gasteiger charge is -2.27. The van der Waals surface area contributed by atoms with Crippen LogP contribution in [0, 0.1) is 5.92 Å². The summed E-state index contributed by atoms with van der Waals surface area (Å²) in [5.41, 5.74) is 8.18. The number of hydrogen-bond acceptors (Lipinski definition) is 3. The standard InChI is InChI=1S/C14H20N2O/c1-9(11-4-5-11)16(3)12-6-7-13(10(2)17)14(15)8-12/h6-9,11H,4-5,15H2,1-3H3. The summed E-state index contributed by atoms with van der Waals surface area (Å²) in [5.74, 6) is 0.834. The fourth-order valence-corrected chi connectivity index (χ4v) is 2.22. The third kappa shape index (κ3) is 2.43. The molecule has 1 fully saturated rings. The van der Waals surface area contributed by atoms with Gasteiger partial charge in [-0.1, -0.05) is 0 Å². The van der Waals surface area contributed by atoms with Crippen molar-refractivity contribution in [3.05, 3.63) is 23.8 Å². The number of ketones is 1. The first-order chi connectivity index (χ1) is 8.00. The quantitative estimate of drug-likeness (QED) is 0.641. The van der Waals surface area contributed by atoms with Crippen LogP contribution in [0.1, 0.15) is 37.0 Å². The van der Waals surface area contributed by atoms with Crippen LogP contribution in [0.5, 0.6) is 0 Å². The maximum absolute atomic E-state index is 11.3. The van der Waals surface area contributed by atoms with Crippen LogP contribution in [0.15, 0.2) is 18.2 Å². The number of rotatable bonds is 4. The fraction of sp³-hybridized carbons (Fsp3) is 0.500. The highest BCUT2D eigenvalue weighted by atomic mass is 16.1. The van der Waals surface area contributed by atoms with Crippen molar-refractivity contribution in [3.8, 4) is 0 Å². The summed E-state index contributed by atoms with van der Waals surface area (Å²) < 4.78 is 0. The van der Waals surface area contributed by atoms with Crippen LogP contribution in [-0.4, -0.2) is 18.9 Å². The minimum Gasteiger partial charge on any atom is -0.398 e. The van der Waals surface area contributed by atoms with Crippen LogP contribution in [0.4, 0.5) is 11.4 Å². The smallest absolute Gasteiger partial charge is 0.161 e. The molecule has 1 saturated carbocycles. The van der Waals surface area contributed by atoms with Crippen molar-refractivity contribution in [1.29, 1.82) is 0 Å². The number of hydrogen-bond donors (Lipinski definition) is 1. The highest BCUT2D eigenvalue weighted by Crippen LogP contribution is 2.36. The third-order valence-electron chi connectivity index (χ3n) is 3.74. The van der Waals surface area contributed by atoms with Gasteiger partial charge in [0.05, 0.1) is 0 Å². The highest BCUT2D eigenvalue weighted by Gasteiger charge is 2.30. The molecule has 1 aromatic rings. The second-order valence-electron chi connectivity index (χ2n) is 5.02. The molecular formula is C14H20N2O. The highest BCUT2D eigenvalue weighted by molar-refractivity contribution is 5.99. The van der Waals surface area contributed by atoms with Crippen LogP contribution in [0.25, 0.3) is 0 Å². The van der Waals surface area contributed by atoms with Crippen LogP contribution in [0.3, 0.4) is 0 Å². The summed E-state index contributed by atoms with van der Waals surface area (Å²) in [4.78, 5) is 13.6. The maximum atomic E-state index is 11.3. The van der Waals surface area contributed by atoms with E-state index in [4.69, 9.17) is 5.73 Å². The van der Waals surface area contributed by atoms with E-state index in [0.29, 0.717) is 17.3 Å². The Kier molecular flexibility index (Phi) is 3.09. The molecule has 1 unspecified atom stereocenters. The Labute approximate surface area is 103 Å². The van der Waals surface area contributed by atoms with Gasteiger partial charge in [0.1, 0.15) is 0 Å². The molecule has 0 amide bonds. The number of Topliss-reactive ketones (excluding diaryl/α,β-unsaturated/α-hetero) is 1. The minimum absolute atomic E-state index is 0.0203. The minimum atomic E-state index is 0.0203. The Bertz CT molecular complexity index is 438. The van der Waals surface area contributed by atoms with Gasteiger partial charge in [-0.2, -0.15) is 0 Å². The average Bonchev–Trinajstić information content (AvgIpc) is 3.10.